The molecule has 0 spiro atoms. The highest BCUT2D eigenvalue weighted by Gasteiger charge is 2.28. The summed E-state index contributed by atoms with van der Waals surface area (Å²) in [7, 11) is -4.01. The molecule has 2 heterocycles. The van der Waals surface area contributed by atoms with E-state index in [-0.39, 0.29) is 10.7 Å². The number of aromatic hydroxyl groups is 1. The van der Waals surface area contributed by atoms with Crippen molar-refractivity contribution in [3.63, 3.8) is 0 Å². The van der Waals surface area contributed by atoms with Crippen LogP contribution < -0.4 is 9.46 Å². The van der Waals surface area contributed by atoms with E-state index >= 15 is 0 Å². The van der Waals surface area contributed by atoms with Crippen molar-refractivity contribution < 1.29 is 27.5 Å². The van der Waals surface area contributed by atoms with Gasteiger partial charge in [0.1, 0.15) is 0 Å². The summed E-state index contributed by atoms with van der Waals surface area (Å²) in [5.74, 6) is -2.20. The first kappa shape index (κ1) is 17.0. The molecule has 8 nitrogen and oxygen atoms in total. The lowest BCUT2D eigenvalue weighted by Gasteiger charge is -2.07. The summed E-state index contributed by atoms with van der Waals surface area (Å²) < 4.78 is 37.3. The van der Waals surface area contributed by atoms with Crippen molar-refractivity contribution in [2.45, 2.75) is 11.8 Å². The predicted molar refractivity (Wildman–Crippen MR) is 90.0 cm³/mol. The smallest absolute Gasteiger partial charge is 0.308 e. The Labute approximate surface area is 146 Å². The van der Waals surface area contributed by atoms with Gasteiger partial charge in [-0.1, -0.05) is 18.2 Å². The number of hydrogen-bond donors (Lipinski definition) is 2. The number of thiazole rings is 1. The number of benzene rings is 1. The van der Waals surface area contributed by atoms with Crippen LogP contribution >= 0.6 is 11.3 Å². The second-order valence-electron chi connectivity index (χ2n) is 4.79. The van der Waals surface area contributed by atoms with Gasteiger partial charge >= 0.3 is 5.97 Å². The summed E-state index contributed by atoms with van der Waals surface area (Å²) in [6, 6.07) is 7.56. The van der Waals surface area contributed by atoms with Crippen molar-refractivity contribution in [2.24, 2.45) is 0 Å². The van der Waals surface area contributed by atoms with Crippen molar-refractivity contribution in [1.29, 1.82) is 0 Å². The number of ether oxygens (including phenoxy) is 1. The number of hydrogen-bond acceptors (Lipinski definition) is 8. The van der Waals surface area contributed by atoms with Crippen LogP contribution in [0, 0.1) is 0 Å². The fourth-order valence-electron chi connectivity index (χ4n) is 1.97. The highest BCUT2D eigenvalue weighted by molar-refractivity contribution is 7.92. The van der Waals surface area contributed by atoms with Gasteiger partial charge in [-0.3, -0.25) is 4.79 Å². The Hall–Kier alpha value is -2.85. The molecule has 25 heavy (non-hydrogen) atoms. The molecule has 0 aliphatic rings. The number of anilines is 1. The molecule has 0 aliphatic carbocycles. The molecule has 3 rings (SSSR count). The second-order valence-corrected chi connectivity index (χ2v) is 7.36. The average Bonchev–Trinajstić information content (AvgIpc) is 3.19. The molecule has 0 fully saturated rings. The van der Waals surface area contributed by atoms with E-state index in [0.717, 1.165) is 18.3 Å². The quantitative estimate of drug-likeness (QED) is 0.653. The molecule has 0 aliphatic heterocycles. The summed E-state index contributed by atoms with van der Waals surface area (Å²) in [5, 5.41) is 12.2. The summed E-state index contributed by atoms with van der Waals surface area (Å²) in [4.78, 5) is 15.2. The lowest BCUT2D eigenvalue weighted by molar-refractivity contribution is -0.131. The van der Waals surface area contributed by atoms with Crippen LogP contribution in [0.1, 0.15) is 6.92 Å². The minimum absolute atomic E-state index is 0.0181. The third kappa shape index (κ3) is 3.49. The van der Waals surface area contributed by atoms with Gasteiger partial charge in [0.05, 0.1) is 4.90 Å². The summed E-state index contributed by atoms with van der Waals surface area (Å²) in [6.45, 7) is 1.12. The fourth-order valence-corrected chi connectivity index (χ4v) is 3.60. The molecule has 0 atom stereocenters. The molecule has 0 bridgehead atoms. The van der Waals surface area contributed by atoms with E-state index in [9.17, 15) is 18.3 Å². The van der Waals surface area contributed by atoms with Gasteiger partial charge in [-0.05, 0) is 12.1 Å². The molecule has 0 radical (unpaired) electrons. The van der Waals surface area contributed by atoms with Gasteiger partial charge < -0.3 is 14.3 Å². The van der Waals surface area contributed by atoms with Gasteiger partial charge in [0.25, 0.3) is 15.9 Å². The van der Waals surface area contributed by atoms with Crippen molar-refractivity contribution in [3.05, 3.63) is 41.9 Å². The molecule has 130 valence electrons. The Balaban J connectivity index is 2.06. The average molecular weight is 380 g/mol. The van der Waals surface area contributed by atoms with E-state index in [2.05, 4.69) is 9.71 Å². The van der Waals surface area contributed by atoms with E-state index in [1.165, 1.54) is 18.3 Å². The van der Waals surface area contributed by atoms with Crippen molar-refractivity contribution in [1.82, 2.24) is 4.98 Å². The van der Waals surface area contributed by atoms with Crippen LogP contribution in [0.4, 0.5) is 5.88 Å². The van der Waals surface area contributed by atoms with Crippen LogP contribution in [0.5, 0.6) is 11.5 Å². The molecule has 0 unspecified atom stereocenters. The Morgan fingerprint density at radius 2 is 2.04 bits per heavy atom. The van der Waals surface area contributed by atoms with E-state index in [0.29, 0.717) is 5.01 Å². The van der Waals surface area contributed by atoms with Crippen LogP contribution in [0.2, 0.25) is 0 Å². The maximum absolute atomic E-state index is 12.4. The number of furan rings is 1. The Morgan fingerprint density at radius 3 is 2.64 bits per heavy atom. The van der Waals surface area contributed by atoms with Crippen LogP contribution in [0.25, 0.3) is 10.8 Å². The summed E-state index contributed by atoms with van der Waals surface area (Å²) in [5.41, 5.74) is 0. The first-order valence-electron chi connectivity index (χ1n) is 6.90. The number of carbonyl (C=O) groups excluding carboxylic acids is 1. The molecule has 2 N–H and O–H groups in total. The predicted octanol–water partition coefficient (Wildman–Crippen LogP) is 2.83. The van der Waals surface area contributed by atoms with E-state index in [1.807, 2.05) is 0 Å². The molecule has 10 heteroatoms. The summed E-state index contributed by atoms with van der Waals surface area (Å²) in [6.07, 6.45) is 1.49. The van der Waals surface area contributed by atoms with Crippen molar-refractivity contribution in [3.8, 4) is 22.3 Å². The number of sulfonamides is 1. The highest BCUT2D eigenvalue weighted by atomic mass is 32.2. The van der Waals surface area contributed by atoms with Crippen LogP contribution in [0.15, 0.2) is 51.2 Å². The van der Waals surface area contributed by atoms with E-state index < -0.39 is 33.4 Å². The SMILES string of the molecule is CC(=O)Oc1c(NS(=O)(=O)c2ccccc2)oc(-c2nccs2)c1O. The summed E-state index contributed by atoms with van der Waals surface area (Å²) >= 11 is 1.16. The van der Waals surface area contributed by atoms with Crippen LogP contribution in [0.3, 0.4) is 0 Å². The van der Waals surface area contributed by atoms with E-state index in [1.54, 1.807) is 23.6 Å². The number of nitrogens with zero attached hydrogens (tertiary/aromatic N) is 1. The zero-order chi connectivity index (χ0) is 18.0. The number of rotatable bonds is 5. The van der Waals surface area contributed by atoms with E-state index in [4.69, 9.17) is 9.15 Å². The minimum atomic E-state index is -4.01. The van der Waals surface area contributed by atoms with Gasteiger partial charge in [-0.25, -0.2) is 18.1 Å². The van der Waals surface area contributed by atoms with Gasteiger partial charge in [0.2, 0.25) is 17.3 Å². The first-order chi connectivity index (χ1) is 11.9. The molecule has 0 saturated carbocycles. The molecule has 0 amide bonds. The van der Waals surface area contributed by atoms with Gasteiger partial charge in [-0.2, -0.15) is 0 Å². The molecule has 0 saturated heterocycles. The number of aromatic nitrogens is 1. The molecule has 2 aromatic heterocycles. The molecular weight excluding hydrogens is 368 g/mol. The standard InChI is InChI=1S/C15H12N2O6S2/c1-9(18)22-12-11(19)13(15-16-7-8-24-15)23-14(12)17-25(20,21)10-5-3-2-4-6-10/h2-8,17,19H,1H3. The minimum Gasteiger partial charge on any atom is -0.501 e. The Morgan fingerprint density at radius 1 is 1.32 bits per heavy atom. The van der Waals surface area contributed by atoms with Crippen LogP contribution in [-0.4, -0.2) is 24.5 Å². The highest BCUT2D eigenvalue weighted by Crippen LogP contribution is 2.47. The van der Waals surface area contributed by atoms with Gasteiger partial charge in [0.15, 0.2) is 5.01 Å². The number of nitrogens with one attached hydrogen (secondary N) is 1. The largest absolute Gasteiger partial charge is 0.501 e. The normalized spacial score (nSPS) is 11.2. The topological polar surface area (TPSA) is 119 Å². The molecule has 3 aromatic rings. The monoisotopic (exact) mass is 380 g/mol. The maximum Gasteiger partial charge on any atom is 0.308 e. The zero-order valence-electron chi connectivity index (χ0n) is 12.8. The molecular formula is C15H12N2O6S2. The van der Waals surface area contributed by atoms with Crippen molar-refractivity contribution >= 4 is 33.2 Å². The Bertz CT molecular complexity index is 994. The zero-order valence-corrected chi connectivity index (χ0v) is 14.4. The number of esters is 1. The third-order valence-corrected chi connectivity index (χ3v) is 5.11. The maximum atomic E-state index is 12.4. The van der Waals surface area contributed by atoms with Gasteiger partial charge in [0, 0.05) is 18.5 Å². The van der Waals surface area contributed by atoms with Crippen LogP contribution in [-0.2, 0) is 14.8 Å². The third-order valence-electron chi connectivity index (χ3n) is 2.99. The van der Waals surface area contributed by atoms with Gasteiger partial charge in [-0.15, -0.1) is 11.3 Å². The fraction of sp³-hybridized carbons (Fsp3) is 0.0667. The lowest BCUT2D eigenvalue weighted by atomic mass is 10.4. The van der Waals surface area contributed by atoms with Crippen molar-refractivity contribution in [2.75, 3.05) is 4.72 Å². The first-order valence-corrected chi connectivity index (χ1v) is 9.26. The molecule has 1 aromatic carbocycles. The Kier molecular flexibility index (Phi) is 4.47. The number of carbonyl (C=O) groups is 1. The lowest BCUT2D eigenvalue weighted by Crippen LogP contribution is -2.13. The second kappa shape index (κ2) is 6.57.